The first-order chi connectivity index (χ1) is 14.7. The lowest BCUT2D eigenvalue weighted by atomic mass is 10.1. The highest BCUT2D eigenvalue weighted by molar-refractivity contribution is 5.98. The molecule has 0 radical (unpaired) electrons. The van der Waals surface area contributed by atoms with Crippen molar-refractivity contribution in [3.63, 3.8) is 0 Å². The maximum absolute atomic E-state index is 14.7. The van der Waals surface area contributed by atoms with Gasteiger partial charge in [-0.3, -0.25) is 4.79 Å². The number of pyridine rings is 1. The molecule has 1 aromatic carbocycles. The van der Waals surface area contributed by atoms with Crippen molar-refractivity contribution in [1.29, 1.82) is 0 Å². The zero-order valence-electron chi connectivity index (χ0n) is 18.2. The number of halogens is 1. The topological polar surface area (TPSA) is 132 Å². The lowest BCUT2D eigenvalue weighted by Crippen LogP contribution is -2.38. The first kappa shape index (κ1) is 22.4. The molecule has 0 unspecified atom stereocenters. The summed E-state index contributed by atoms with van der Waals surface area (Å²) in [5.74, 6) is -1.30. The molecule has 0 aliphatic carbocycles. The number of aromatic nitrogens is 3. The maximum Gasteiger partial charge on any atom is 0.252 e. The molecule has 0 bridgehead atoms. The number of fused-ring (bicyclic) bond motifs is 1. The third-order valence-corrected chi connectivity index (χ3v) is 5.14. The first-order valence-electron chi connectivity index (χ1n) is 10.2. The number of benzene rings is 1. The van der Waals surface area contributed by atoms with Gasteiger partial charge in [-0.2, -0.15) is 0 Å². The van der Waals surface area contributed by atoms with Crippen LogP contribution in [0, 0.1) is 19.7 Å². The van der Waals surface area contributed by atoms with Crippen LogP contribution in [0.25, 0.3) is 11.0 Å². The van der Waals surface area contributed by atoms with Gasteiger partial charge in [0.2, 0.25) is 0 Å². The van der Waals surface area contributed by atoms with Gasteiger partial charge in [0.1, 0.15) is 5.82 Å². The zero-order chi connectivity index (χ0) is 22.7. The monoisotopic (exact) mass is 425 g/mol. The summed E-state index contributed by atoms with van der Waals surface area (Å²) >= 11 is 0. The van der Waals surface area contributed by atoms with Gasteiger partial charge in [-0.05, 0) is 51.5 Å². The van der Waals surface area contributed by atoms with E-state index in [0.717, 1.165) is 35.8 Å². The second kappa shape index (κ2) is 9.22. The van der Waals surface area contributed by atoms with Crippen LogP contribution in [-0.2, 0) is 0 Å². The number of hydrogen-bond donors (Lipinski definition) is 4. The smallest absolute Gasteiger partial charge is 0.252 e. The van der Waals surface area contributed by atoms with Gasteiger partial charge < -0.3 is 22.1 Å². The Hall–Kier alpha value is -3.33. The van der Waals surface area contributed by atoms with Crippen LogP contribution in [-0.4, -0.2) is 32.9 Å². The number of rotatable bonds is 8. The van der Waals surface area contributed by atoms with Crippen LogP contribution in [0.1, 0.15) is 48.4 Å². The number of carbonyl (C=O) groups is 1. The van der Waals surface area contributed by atoms with E-state index in [1.807, 2.05) is 33.8 Å². The Labute approximate surface area is 180 Å². The van der Waals surface area contributed by atoms with Crippen LogP contribution in [0.3, 0.4) is 0 Å². The first-order valence-corrected chi connectivity index (χ1v) is 10.2. The van der Waals surface area contributed by atoms with Crippen LogP contribution in [0.15, 0.2) is 24.3 Å². The van der Waals surface area contributed by atoms with Crippen LogP contribution in [0.5, 0.6) is 0 Å². The minimum Gasteiger partial charge on any atom is -0.365 e. The molecule has 2 aromatic heterocycles. The minimum atomic E-state index is -0.787. The number of carbonyl (C=O) groups excluding carboxylic acids is 1. The van der Waals surface area contributed by atoms with Crippen molar-refractivity contribution in [2.24, 2.45) is 11.5 Å². The molecule has 3 aromatic rings. The van der Waals surface area contributed by atoms with E-state index < -0.39 is 11.7 Å². The average Bonchev–Trinajstić information content (AvgIpc) is 2.70. The summed E-state index contributed by atoms with van der Waals surface area (Å²) in [6, 6.07) is 6.10. The predicted molar refractivity (Wildman–Crippen MR) is 121 cm³/mol. The fourth-order valence-corrected chi connectivity index (χ4v) is 3.27. The Bertz CT molecular complexity index is 1120. The van der Waals surface area contributed by atoms with Gasteiger partial charge >= 0.3 is 0 Å². The average molecular weight is 426 g/mol. The van der Waals surface area contributed by atoms with Gasteiger partial charge in [-0.1, -0.05) is 13.3 Å². The molecule has 0 aliphatic rings. The summed E-state index contributed by atoms with van der Waals surface area (Å²) in [5.41, 5.74) is 15.2. The molecule has 0 saturated carbocycles. The van der Waals surface area contributed by atoms with Crippen LogP contribution >= 0.6 is 0 Å². The fourth-order valence-electron chi connectivity index (χ4n) is 3.27. The standard InChI is InChI=1S/C22H28FN7O/c1-5-6-17(11(2)24)29-22-16(23)10-15(20(25)31)21(30-22)28-14-7-8-18-19(9-14)27-13(4)12(3)26-18/h7-11,17H,5-6,24H2,1-4H3,(H2,25,31)(H2,28,29,30)/t11-,17+/m0/s1. The molecule has 164 valence electrons. The molecular formula is C22H28FN7O. The highest BCUT2D eigenvalue weighted by Crippen LogP contribution is 2.26. The molecule has 8 nitrogen and oxygen atoms in total. The van der Waals surface area contributed by atoms with E-state index in [4.69, 9.17) is 11.5 Å². The van der Waals surface area contributed by atoms with Gasteiger partial charge in [-0.25, -0.2) is 19.3 Å². The summed E-state index contributed by atoms with van der Waals surface area (Å²) < 4.78 is 14.7. The lowest BCUT2D eigenvalue weighted by molar-refractivity contribution is 0.100. The van der Waals surface area contributed by atoms with Crippen molar-refractivity contribution in [3.8, 4) is 0 Å². The Kier molecular flexibility index (Phi) is 6.65. The van der Waals surface area contributed by atoms with E-state index in [2.05, 4.69) is 25.6 Å². The van der Waals surface area contributed by atoms with Crippen molar-refractivity contribution in [3.05, 3.63) is 47.0 Å². The summed E-state index contributed by atoms with van der Waals surface area (Å²) in [5, 5.41) is 6.12. The number of nitrogens with one attached hydrogen (secondary N) is 2. The number of amides is 1. The van der Waals surface area contributed by atoms with Gasteiger partial charge in [-0.15, -0.1) is 0 Å². The van der Waals surface area contributed by atoms with Crippen molar-refractivity contribution >= 4 is 34.3 Å². The molecular weight excluding hydrogens is 397 g/mol. The number of anilines is 3. The Morgan fingerprint density at radius 3 is 2.39 bits per heavy atom. The summed E-state index contributed by atoms with van der Waals surface area (Å²) in [6.07, 6.45) is 1.63. The number of nitrogens with zero attached hydrogens (tertiary/aromatic N) is 3. The van der Waals surface area contributed by atoms with Crippen molar-refractivity contribution in [2.75, 3.05) is 10.6 Å². The lowest BCUT2D eigenvalue weighted by Gasteiger charge is -2.23. The zero-order valence-corrected chi connectivity index (χ0v) is 18.2. The van der Waals surface area contributed by atoms with E-state index in [1.165, 1.54) is 0 Å². The van der Waals surface area contributed by atoms with E-state index in [0.29, 0.717) is 11.2 Å². The SMILES string of the molecule is CCC[C@@H](Nc1nc(Nc2ccc3nc(C)c(C)nc3c2)c(C(N)=O)cc1F)[C@H](C)N. The molecule has 1 amide bonds. The molecule has 2 heterocycles. The molecule has 0 spiro atoms. The number of primary amides is 1. The highest BCUT2D eigenvalue weighted by Gasteiger charge is 2.20. The van der Waals surface area contributed by atoms with E-state index in [9.17, 15) is 9.18 Å². The second-order valence-electron chi connectivity index (χ2n) is 7.70. The van der Waals surface area contributed by atoms with Gasteiger partial charge in [0, 0.05) is 17.8 Å². The maximum atomic E-state index is 14.7. The third kappa shape index (κ3) is 5.05. The highest BCUT2D eigenvalue weighted by atomic mass is 19.1. The predicted octanol–water partition coefficient (Wildman–Crippen LogP) is 3.55. The van der Waals surface area contributed by atoms with Gasteiger partial charge in [0.05, 0.1) is 28.0 Å². The Morgan fingerprint density at radius 2 is 1.77 bits per heavy atom. The summed E-state index contributed by atoms with van der Waals surface area (Å²) in [6.45, 7) is 7.66. The third-order valence-electron chi connectivity index (χ3n) is 5.14. The number of aryl methyl sites for hydroxylation is 2. The van der Waals surface area contributed by atoms with Crippen LogP contribution in [0.2, 0.25) is 0 Å². The molecule has 6 N–H and O–H groups in total. The van der Waals surface area contributed by atoms with Crippen molar-refractivity contribution in [2.45, 2.75) is 52.6 Å². The van der Waals surface area contributed by atoms with Crippen molar-refractivity contribution < 1.29 is 9.18 Å². The number of nitrogens with two attached hydrogens (primary N) is 2. The molecule has 3 rings (SSSR count). The normalized spacial score (nSPS) is 13.1. The molecule has 2 atom stereocenters. The molecule has 0 saturated heterocycles. The van der Waals surface area contributed by atoms with Crippen LogP contribution in [0.4, 0.5) is 21.7 Å². The Morgan fingerprint density at radius 1 is 1.10 bits per heavy atom. The van der Waals surface area contributed by atoms with Crippen molar-refractivity contribution in [1.82, 2.24) is 15.0 Å². The second-order valence-corrected chi connectivity index (χ2v) is 7.70. The fraction of sp³-hybridized carbons (Fsp3) is 0.364. The van der Waals surface area contributed by atoms with E-state index in [1.54, 1.807) is 12.1 Å². The molecule has 9 heteroatoms. The number of hydrogen-bond acceptors (Lipinski definition) is 7. The minimum absolute atomic E-state index is 0.00954. The largest absolute Gasteiger partial charge is 0.365 e. The Balaban J connectivity index is 1.99. The molecule has 0 aliphatic heterocycles. The van der Waals surface area contributed by atoms with Crippen LogP contribution < -0.4 is 22.1 Å². The summed E-state index contributed by atoms with van der Waals surface area (Å²) in [7, 11) is 0. The van der Waals surface area contributed by atoms with E-state index in [-0.39, 0.29) is 29.3 Å². The van der Waals surface area contributed by atoms with Gasteiger partial charge in [0.25, 0.3) is 5.91 Å². The van der Waals surface area contributed by atoms with E-state index >= 15 is 0 Å². The quantitative estimate of drug-likeness (QED) is 0.434. The summed E-state index contributed by atoms with van der Waals surface area (Å²) in [4.78, 5) is 25.3. The van der Waals surface area contributed by atoms with Gasteiger partial charge in [0.15, 0.2) is 11.6 Å². The molecule has 31 heavy (non-hydrogen) atoms. The molecule has 0 fully saturated rings.